The number of anilines is 1. The predicted octanol–water partition coefficient (Wildman–Crippen LogP) is 1.07. The number of amides is 2. The summed E-state index contributed by atoms with van der Waals surface area (Å²) < 4.78 is 0. The zero-order valence-corrected chi connectivity index (χ0v) is 8.97. The smallest absolute Gasteiger partial charge is 0.323 e. The monoisotopic (exact) mass is 221 g/mol. The lowest BCUT2D eigenvalue weighted by Gasteiger charge is -2.29. The first-order valence-corrected chi connectivity index (χ1v) is 5.41. The maximum Gasteiger partial charge on any atom is 0.323 e. The molecule has 0 saturated carbocycles. The van der Waals surface area contributed by atoms with Crippen molar-refractivity contribution in [3.8, 4) is 0 Å². The maximum absolute atomic E-state index is 11.8. The van der Waals surface area contributed by atoms with Crippen LogP contribution in [0.1, 0.15) is 12.8 Å². The van der Waals surface area contributed by atoms with E-state index in [1.807, 2.05) is 6.07 Å². The second-order valence-electron chi connectivity index (χ2n) is 3.86. The Kier molecular flexibility index (Phi) is 3.36. The molecular weight excluding hydrogens is 206 g/mol. The van der Waals surface area contributed by atoms with E-state index in [4.69, 9.17) is 0 Å². The second-order valence-corrected chi connectivity index (χ2v) is 3.86. The van der Waals surface area contributed by atoms with Crippen molar-refractivity contribution in [1.29, 1.82) is 0 Å². The highest BCUT2D eigenvalue weighted by atomic mass is 16.3. The van der Waals surface area contributed by atoms with Crippen molar-refractivity contribution in [3.63, 3.8) is 0 Å². The van der Waals surface area contributed by atoms with Gasteiger partial charge in [-0.2, -0.15) is 0 Å². The molecule has 0 spiro atoms. The van der Waals surface area contributed by atoms with Gasteiger partial charge in [0.15, 0.2) is 0 Å². The average molecular weight is 221 g/mol. The Morgan fingerprint density at radius 1 is 1.44 bits per heavy atom. The van der Waals surface area contributed by atoms with E-state index in [0.717, 1.165) is 0 Å². The van der Waals surface area contributed by atoms with Gasteiger partial charge in [0.05, 0.1) is 6.10 Å². The van der Waals surface area contributed by atoms with Crippen LogP contribution < -0.4 is 5.32 Å². The molecule has 2 amide bonds. The third-order valence-corrected chi connectivity index (χ3v) is 2.65. The minimum atomic E-state index is -0.265. The van der Waals surface area contributed by atoms with Crippen molar-refractivity contribution >= 4 is 11.8 Å². The summed E-state index contributed by atoms with van der Waals surface area (Å²) >= 11 is 0. The Morgan fingerprint density at radius 2 is 2.19 bits per heavy atom. The molecule has 0 radical (unpaired) electrons. The zero-order valence-electron chi connectivity index (χ0n) is 8.97. The summed E-state index contributed by atoms with van der Waals surface area (Å²) in [5, 5.41) is 12.0. The van der Waals surface area contributed by atoms with E-state index in [9.17, 15) is 9.90 Å². The van der Waals surface area contributed by atoms with E-state index in [1.54, 1.807) is 23.2 Å². The molecule has 2 rings (SSSR count). The number of rotatable bonds is 1. The molecule has 5 nitrogen and oxygen atoms in total. The van der Waals surface area contributed by atoms with Crippen molar-refractivity contribution in [2.75, 3.05) is 18.4 Å². The molecule has 0 atom stereocenters. The number of carbonyl (C=O) groups excluding carboxylic acids is 1. The van der Waals surface area contributed by atoms with Gasteiger partial charge in [-0.05, 0) is 25.0 Å². The molecule has 2 N–H and O–H groups in total. The van der Waals surface area contributed by atoms with Crippen LogP contribution in [0.15, 0.2) is 24.4 Å². The third-order valence-electron chi connectivity index (χ3n) is 2.65. The van der Waals surface area contributed by atoms with Crippen molar-refractivity contribution in [1.82, 2.24) is 9.88 Å². The second kappa shape index (κ2) is 4.94. The highest BCUT2D eigenvalue weighted by molar-refractivity contribution is 5.88. The molecule has 1 saturated heterocycles. The first kappa shape index (κ1) is 10.9. The zero-order chi connectivity index (χ0) is 11.4. The lowest BCUT2D eigenvalue weighted by atomic mass is 10.1. The molecule has 0 aliphatic carbocycles. The Balaban J connectivity index is 1.89. The number of nitrogens with zero attached hydrogens (tertiary/aromatic N) is 2. The predicted molar refractivity (Wildman–Crippen MR) is 60.1 cm³/mol. The van der Waals surface area contributed by atoms with Crippen molar-refractivity contribution in [2.24, 2.45) is 0 Å². The van der Waals surface area contributed by atoms with Crippen LogP contribution in [-0.2, 0) is 0 Å². The number of urea groups is 1. The Hall–Kier alpha value is -1.62. The Morgan fingerprint density at radius 3 is 2.81 bits per heavy atom. The molecule has 1 aliphatic heterocycles. The van der Waals surface area contributed by atoms with Crippen LogP contribution in [0, 0.1) is 0 Å². The highest BCUT2D eigenvalue weighted by Gasteiger charge is 2.21. The molecule has 1 fully saturated rings. The number of nitrogens with one attached hydrogen (secondary N) is 1. The molecule has 2 heterocycles. The first-order valence-electron chi connectivity index (χ1n) is 5.41. The molecule has 0 bridgehead atoms. The number of piperidine rings is 1. The van der Waals surface area contributed by atoms with Crippen LogP contribution in [0.5, 0.6) is 0 Å². The summed E-state index contributed by atoms with van der Waals surface area (Å²) in [6.45, 7) is 1.19. The molecule has 1 aromatic rings. The number of hydrogen-bond donors (Lipinski definition) is 2. The third kappa shape index (κ3) is 2.70. The summed E-state index contributed by atoms with van der Waals surface area (Å²) in [6, 6.07) is 5.22. The standard InChI is InChI=1S/C11H15N3O2/c15-9-4-7-14(8-5-9)11(16)13-10-3-1-2-6-12-10/h1-3,6,9,15H,4-5,7-8H2,(H,12,13,16). The molecule has 5 heteroatoms. The molecular formula is C11H15N3O2. The molecule has 1 aromatic heterocycles. The van der Waals surface area contributed by atoms with Gasteiger partial charge in [0.1, 0.15) is 5.82 Å². The van der Waals surface area contributed by atoms with Crippen LogP contribution in [-0.4, -0.2) is 40.2 Å². The van der Waals surface area contributed by atoms with Gasteiger partial charge >= 0.3 is 6.03 Å². The minimum Gasteiger partial charge on any atom is -0.393 e. The lowest BCUT2D eigenvalue weighted by Crippen LogP contribution is -2.42. The van der Waals surface area contributed by atoms with Gasteiger partial charge in [0.2, 0.25) is 0 Å². The normalized spacial score (nSPS) is 17.2. The van der Waals surface area contributed by atoms with Crippen LogP contribution >= 0.6 is 0 Å². The molecule has 0 unspecified atom stereocenters. The largest absolute Gasteiger partial charge is 0.393 e. The van der Waals surface area contributed by atoms with Crippen LogP contribution in [0.25, 0.3) is 0 Å². The number of aliphatic hydroxyl groups is 1. The van der Waals surface area contributed by atoms with Gasteiger partial charge in [-0.25, -0.2) is 9.78 Å². The fraction of sp³-hybridized carbons (Fsp3) is 0.455. The van der Waals surface area contributed by atoms with E-state index in [1.165, 1.54) is 0 Å². The van der Waals surface area contributed by atoms with E-state index < -0.39 is 0 Å². The van der Waals surface area contributed by atoms with Gasteiger partial charge in [-0.3, -0.25) is 5.32 Å². The van der Waals surface area contributed by atoms with Crippen molar-refractivity contribution < 1.29 is 9.90 Å². The van der Waals surface area contributed by atoms with Crippen LogP contribution in [0.3, 0.4) is 0 Å². The average Bonchev–Trinajstić information content (AvgIpc) is 2.31. The number of aromatic nitrogens is 1. The van der Waals surface area contributed by atoms with Gasteiger partial charge in [-0.15, -0.1) is 0 Å². The van der Waals surface area contributed by atoms with Gasteiger partial charge in [0.25, 0.3) is 0 Å². The van der Waals surface area contributed by atoms with Crippen LogP contribution in [0.4, 0.5) is 10.6 Å². The Bertz CT molecular complexity index is 348. The number of aliphatic hydroxyl groups excluding tert-OH is 1. The van der Waals surface area contributed by atoms with E-state index in [-0.39, 0.29) is 12.1 Å². The fourth-order valence-electron chi connectivity index (χ4n) is 1.69. The number of likely N-dealkylation sites (tertiary alicyclic amines) is 1. The van der Waals surface area contributed by atoms with Gasteiger partial charge in [0, 0.05) is 19.3 Å². The highest BCUT2D eigenvalue weighted by Crippen LogP contribution is 2.11. The molecule has 1 aliphatic rings. The summed E-state index contributed by atoms with van der Waals surface area (Å²) in [7, 11) is 0. The summed E-state index contributed by atoms with van der Waals surface area (Å²) in [5.74, 6) is 0.554. The summed E-state index contributed by atoms with van der Waals surface area (Å²) in [4.78, 5) is 17.5. The van der Waals surface area contributed by atoms with Gasteiger partial charge < -0.3 is 10.0 Å². The first-order chi connectivity index (χ1) is 7.75. The van der Waals surface area contributed by atoms with Crippen LogP contribution in [0.2, 0.25) is 0 Å². The van der Waals surface area contributed by atoms with Crippen molar-refractivity contribution in [3.05, 3.63) is 24.4 Å². The van der Waals surface area contributed by atoms with E-state index in [0.29, 0.717) is 31.7 Å². The van der Waals surface area contributed by atoms with Crippen molar-refractivity contribution in [2.45, 2.75) is 18.9 Å². The quantitative estimate of drug-likeness (QED) is 0.745. The molecule has 0 aromatic carbocycles. The fourth-order valence-corrected chi connectivity index (χ4v) is 1.69. The minimum absolute atomic E-state index is 0.148. The summed E-state index contributed by atoms with van der Waals surface area (Å²) in [6.07, 6.45) is 2.67. The molecule has 16 heavy (non-hydrogen) atoms. The number of carbonyl (C=O) groups is 1. The number of pyridine rings is 1. The Labute approximate surface area is 94.1 Å². The summed E-state index contributed by atoms with van der Waals surface area (Å²) in [5.41, 5.74) is 0. The SMILES string of the molecule is O=C(Nc1ccccn1)N1CCC(O)CC1. The number of hydrogen-bond acceptors (Lipinski definition) is 3. The van der Waals surface area contributed by atoms with E-state index >= 15 is 0 Å². The van der Waals surface area contributed by atoms with E-state index in [2.05, 4.69) is 10.3 Å². The lowest BCUT2D eigenvalue weighted by molar-refractivity contribution is 0.0972. The molecule has 86 valence electrons. The maximum atomic E-state index is 11.8. The topological polar surface area (TPSA) is 65.5 Å². The van der Waals surface area contributed by atoms with Gasteiger partial charge in [-0.1, -0.05) is 6.07 Å².